The van der Waals surface area contributed by atoms with E-state index in [1.807, 2.05) is 13.8 Å². The molecule has 1 saturated heterocycles. The number of epoxide rings is 1. The van der Waals surface area contributed by atoms with Gasteiger partial charge in [-0.1, -0.05) is 0 Å². The Morgan fingerprint density at radius 2 is 2.20 bits per heavy atom. The van der Waals surface area contributed by atoms with Crippen LogP contribution in [0.3, 0.4) is 0 Å². The molecule has 3 heteroatoms. The first kappa shape index (κ1) is 7.98. The van der Waals surface area contributed by atoms with Gasteiger partial charge in [0.2, 0.25) is 0 Å². The molecule has 0 radical (unpaired) electrons. The second-order valence-electron chi connectivity index (χ2n) is 2.97. The fourth-order valence-electron chi connectivity index (χ4n) is 1.11. The summed E-state index contributed by atoms with van der Waals surface area (Å²) in [4.78, 5) is 0. The molecule has 3 atom stereocenters. The zero-order chi connectivity index (χ0) is 7.78. The summed E-state index contributed by atoms with van der Waals surface area (Å²) < 4.78 is 5.16. The van der Waals surface area contributed by atoms with Gasteiger partial charge in [-0.2, -0.15) is 0 Å². The molecule has 0 aliphatic carbocycles. The van der Waals surface area contributed by atoms with E-state index in [4.69, 9.17) is 9.84 Å². The molecule has 0 unspecified atom stereocenters. The van der Waals surface area contributed by atoms with Gasteiger partial charge in [-0.3, -0.25) is 0 Å². The normalized spacial score (nSPS) is 41.4. The average molecular weight is 146 g/mol. The fraction of sp³-hybridized carbons (Fsp3) is 1.00. The summed E-state index contributed by atoms with van der Waals surface area (Å²) in [5, 5.41) is 17.8. The molecule has 0 saturated carbocycles. The standard InChI is InChI=1S/C7H14O3/c1-5-7(2,10-5)6(9)3-4-8/h5-6,8-9H,3-4H2,1-2H3/t5-,6+,7-/m0/s1. The number of hydrogen-bond donors (Lipinski definition) is 2. The molecule has 0 aromatic heterocycles. The maximum atomic E-state index is 9.33. The van der Waals surface area contributed by atoms with Crippen molar-refractivity contribution < 1.29 is 14.9 Å². The summed E-state index contributed by atoms with van der Waals surface area (Å²) in [6.45, 7) is 3.80. The Labute approximate surface area is 60.6 Å². The van der Waals surface area contributed by atoms with Crippen molar-refractivity contribution in [3.8, 4) is 0 Å². The van der Waals surface area contributed by atoms with Crippen LogP contribution in [0.1, 0.15) is 20.3 Å². The lowest BCUT2D eigenvalue weighted by Crippen LogP contribution is -2.29. The van der Waals surface area contributed by atoms with Gasteiger partial charge in [0.05, 0.1) is 12.2 Å². The molecule has 2 N–H and O–H groups in total. The molecule has 1 aliphatic rings. The van der Waals surface area contributed by atoms with Crippen LogP contribution in [0.2, 0.25) is 0 Å². The highest BCUT2D eigenvalue weighted by molar-refractivity contribution is 5.01. The van der Waals surface area contributed by atoms with Crippen LogP contribution < -0.4 is 0 Å². The Balaban J connectivity index is 2.34. The maximum absolute atomic E-state index is 9.33. The number of rotatable bonds is 3. The quantitative estimate of drug-likeness (QED) is 0.547. The van der Waals surface area contributed by atoms with Crippen molar-refractivity contribution >= 4 is 0 Å². The predicted octanol–water partition coefficient (Wildman–Crippen LogP) is -0.0929. The summed E-state index contributed by atoms with van der Waals surface area (Å²) in [6.07, 6.45) is 0.0162. The van der Waals surface area contributed by atoms with Gasteiger partial charge < -0.3 is 14.9 Å². The molecule has 0 bridgehead atoms. The van der Waals surface area contributed by atoms with Crippen LogP contribution in [0.15, 0.2) is 0 Å². The third-order valence-corrected chi connectivity index (χ3v) is 2.24. The summed E-state index contributed by atoms with van der Waals surface area (Å²) in [5.41, 5.74) is -0.386. The summed E-state index contributed by atoms with van der Waals surface area (Å²) >= 11 is 0. The Bertz CT molecular complexity index is 126. The van der Waals surface area contributed by atoms with Crippen LogP contribution in [-0.4, -0.2) is 34.6 Å². The first-order valence-electron chi connectivity index (χ1n) is 3.58. The Morgan fingerprint density at radius 3 is 2.50 bits per heavy atom. The molecule has 0 spiro atoms. The first-order valence-corrected chi connectivity index (χ1v) is 3.58. The van der Waals surface area contributed by atoms with Crippen molar-refractivity contribution in [3.63, 3.8) is 0 Å². The van der Waals surface area contributed by atoms with Gasteiger partial charge >= 0.3 is 0 Å². The van der Waals surface area contributed by atoms with Crippen molar-refractivity contribution in [2.75, 3.05) is 6.61 Å². The number of aliphatic hydroxyl groups is 2. The topological polar surface area (TPSA) is 53.0 Å². The van der Waals surface area contributed by atoms with Crippen LogP contribution in [0, 0.1) is 0 Å². The van der Waals surface area contributed by atoms with Gasteiger partial charge in [0, 0.05) is 6.61 Å². The smallest absolute Gasteiger partial charge is 0.117 e. The Morgan fingerprint density at radius 1 is 1.70 bits per heavy atom. The molecule has 3 nitrogen and oxygen atoms in total. The fourth-order valence-corrected chi connectivity index (χ4v) is 1.11. The Kier molecular flexibility index (Phi) is 1.99. The third kappa shape index (κ3) is 1.17. The Hall–Kier alpha value is -0.120. The molecule has 1 heterocycles. The van der Waals surface area contributed by atoms with E-state index >= 15 is 0 Å². The molecule has 1 rings (SSSR count). The SMILES string of the molecule is C[C@@H]1O[C@]1(C)[C@H](O)CCO. The van der Waals surface area contributed by atoms with Crippen molar-refractivity contribution in [1.82, 2.24) is 0 Å². The van der Waals surface area contributed by atoms with Crippen LogP contribution in [-0.2, 0) is 4.74 Å². The minimum absolute atomic E-state index is 0.0207. The van der Waals surface area contributed by atoms with Crippen LogP contribution in [0.5, 0.6) is 0 Å². The third-order valence-electron chi connectivity index (χ3n) is 2.24. The van der Waals surface area contributed by atoms with Gasteiger partial charge in [0.1, 0.15) is 5.60 Å². The molecule has 60 valence electrons. The number of hydrogen-bond acceptors (Lipinski definition) is 3. The minimum atomic E-state index is -0.521. The van der Waals surface area contributed by atoms with Crippen molar-refractivity contribution in [3.05, 3.63) is 0 Å². The van der Waals surface area contributed by atoms with Gasteiger partial charge in [-0.15, -0.1) is 0 Å². The summed E-state index contributed by atoms with van der Waals surface area (Å²) in [5.74, 6) is 0. The van der Waals surface area contributed by atoms with Crippen LogP contribution in [0.4, 0.5) is 0 Å². The monoisotopic (exact) mass is 146 g/mol. The van der Waals surface area contributed by atoms with Gasteiger partial charge in [-0.25, -0.2) is 0 Å². The lowest BCUT2D eigenvalue weighted by Gasteiger charge is -2.12. The van der Waals surface area contributed by atoms with Crippen molar-refractivity contribution in [2.24, 2.45) is 0 Å². The maximum Gasteiger partial charge on any atom is 0.117 e. The van der Waals surface area contributed by atoms with E-state index in [0.717, 1.165) is 0 Å². The van der Waals surface area contributed by atoms with E-state index in [1.54, 1.807) is 0 Å². The van der Waals surface area contributed by atoms with E-state index in [1.165, 1.54) is 0 Å². The first-order chi connectivity index (χ1) is 4.61. The highest BCUT2D eigenvalue weighted by atomic mass is 16.6. The van der Waals surface area contributed by atoms with E-state index in [-0.39, 0.29) is 18.3 Å². The van der Waals surface area contributed by atoms with E-state index < -0.39 is 6.10 Å². The molecular formula is C7H14O3. The van der Waals surface area contributed by atoms with Crippen molar-refractivity contribution in [1.29, 1.82) is 0 Å². The highest BCUT2D eigenvalue weighted by Gasteiger charge is 2.53. The molecular weight excluding hydrogens is 132 g/mol. The lowest BCUT2D eigenvalue weighted by molar-refractivity contribution is 0.0613. The lowest BCUT2D eigenvalue weighted by atomic mass is 9.99. The molecule has 1 aliphatic heterocycles. The van der Waals surface area contributed by atoms with Crippen LogP contribution in [0.25, 0.3) is 0 Å². The molecule has 10 heavy (non-hydrogen) atoms. The van der Waals surface area contributed by atoms with E-state index in [9.17, 15) is 5.11 Å². The molecule has 0 amide bonds. The number of aliphatic hydroxyl groups excluding tert-OH is 2. The van der Waals surface area contributed by atoms with E-state index in [0.29, 0.717) is 6.42 Å². The average Bonchev–Trinajstić information content (AvgIpc) is 2.43. The second kappa shape index (κ2) is 2.49. The zero-order valence-electron chi connectivity index (χ0n) is 6.37. The van der Waals surface area contributed by atoms with Gasteiger partial charge in [0.15, 0.2) is 0 Å². The number of ether oxygens (including phenoxy) is 1. The summed E-state index contributed by atoms with van der Waals surface area (Å²) in [7, 11) is 0. The molecule has 0 aromatic rings. The molecule has 1 fully saturated rings. The van der Waals surface area contributed by atoms with Crippen LogP contribution >= 0.6 is 0 Å². The van der Waals surface area contributed by atoms with E-state index in [2.05, 4.69) is 0 Å². The summed E-state index contributed by atoms with van der Waals surface area (Å²) in [6, 6.07) is 0. The second-order valence-corrected chi connectivity index (χ2v) is 2.97. The zero-order valence-corrected chi connectivity index (χ0v) is 6.37. The molecule has 0 aromatic carbocycles. The van der Waals surface area contributed by atoms with Gasteiger partial charge in [-0.05, 0) is 20.3 Å². The van der Waals surface area contributed by atoms with Crippen molar-refractivity contribution in [2.45, 2.75) is 38.1 Å². The predicted molar refractivity (Wildman–Crippen MR) is 36.7 cm³/mol. The largest absolute Gasteiger partial charge is 0.396 e. The van der Waals surface area contributed by atoms with Gasteiger partial charge in [0.25, 0.3) is 0 Å². The highest BCUT2D eigenvalue weighted by Crippen LogP contribution is 2.39. The minimum Gasteiger partial charge on any atom is -0.396 e.